The fourth-order valence-corrected chi connectivity index (χ4v) is 4.74. The Balaban J connectivity index is 1.64. The molecule has 0 radical (unpaired) electrons. The highest BCUT2D eigenvalue weighted by Gasteiger charge is 2.33. The highest BCUT2D eigenvalue weighted by molar-refractivity contribution is 7.89. The molecule has 1 N–H and O–H groups in total. The van der Waals surface area contributed by atoms with Gasteiger partial charge in [0.1, 0.15) is 13.2 Å². The molecule has 0 spiro atoms. The summed E-state index contributed by atoms with van der Waals surface area (Å²) in [6, 6.07) is 4.40. The summed E-state index contributed by atoms with van der Waals surface area (Å²) in [6.45, 7) is 10.2. The van der Waals surface area contributed by atoms with E-state index in [0.717, 1.165) is 0 Å². The maximum absolute atomic E-state index is 13.0. The Hall–Kier alpha value is -1.84. The molecule has 8 nitrogen and oxygen atoms in total. The van der Waals surface area contributed by atoms with Crippen LogP contribution in [0.1, 0.15) is 27.7 Å². The maximum Gasteiger partial charge on any atom is 0.243 e. The van der Waals surface area contributed by atoms with E-state index < -0.39 is 10.0 Å². The summed E-state index contributed by atoms with van der Waals surface area (Å²) in [7, 11) is -3.62. The number of amides is 1. The molecule has 0 aromatic heterocycles. The quantitative estimate of drug-likeness (QED) is 0.797. The van der Waals surface area contributed by atoms with Crippen LogP contribution in [-0.4, -0.2) is 74.5 Å². The van der Waals surface area contributed by atoms with Crippen LogP contribution < -0.4 is 14.8 Å². The highest BCUT2D eigenvalue weighted by Crippen LogP contribution is 2.33. The largest absolute Gasteiger partial charge is 0.486 e. The van der Waals surface area contributed by atoms with E-state index in [0.29, 0.717) is 50.9 Å². The van der Waals surface area contributed by atoms with Crippen molar-refractivity contribution in [3.8, 4) is 11.5 Å². The number of sulfonamides is 1. The molecular formula is C19H29N3O5S. The van der Waals surface area contributed by atoms with Gasteiger partial charge in [0.2, 0.25) is 15.9 Å². The number of ether oxygens (including phenoxy) is 2. The van der Waals surface area contributed by atoms with Crippen molar-refractivity contribution in [1.82, 2.24) is 14.5 Å². The van der Waals surface area contributed by atoms with Crippen LogP contribution in [0.5, 0.6) is 11.5 Å². The molecule has 1 aromatic carbocycles. The van der Waals surface area contributed by atoms with E-state index >= 15 is 0 Å². The number of nitrogens with zero attached hydrogens (tertiary/aromatic N) is 2. The van der Waals surface area contributed by atoms with Gasteiger partial charge < -0.3 is 14.8 Å². The molecule has 2 heterocycles. The van der Waals surface area contributed by atoms with Crippen LogP contribution in [0.4, 0.5) is 0 Å². The lowest BCUT2D eigenvalue weighted by atomic mass is 10.1. The van der Waals surface area contributed by atoms with Crippen LogP contribution in [-0.2, 0) is 14.8 Å². The minimum absolute atomic E-state index is 0.0457. The molecule has 9 heteroatoms. The second kappa shape index (κ2) is 7.88. The Morgan fingerprint density at radius 2 is 1.68 bits per heavy atom. The summed E-state index contributed by atoms with van der Waals surface area (Å²) in [5.41, 5.74) is -0.297. The van der Waals surface area contributed by atoms with E-state index in [9.17, 15) is 13.2 Å². The monoisotopic (exact) mass is 411 g/mol. The van der Waals surface area contributed by atoms with E-state index in [1.165, 1.54) is 10.4 Å². The molecule has 0 bridgehead atoms. The summed E-state index contributed by atoms with van der Waals surface area (Å²) in [5, 5.41) is 2.97. The van der Waals surface area contributed by atoms with Gasteiger partial charge >= 0.3 is 0 Å². The molecule has 156 valence electrons. The third-order valence-electron chi connectivity index (χ3n) is 4.85. The van der Waals surface area contributed by atoms with Crippen LogP contribution in [0.25, 0.3) is 0 Å². The lowest BCUT2D eigenvalue weighted by Gasteiger charge is -2.37. The predicted molar refractivity (Wildman–Crippen MR) is 105 cm³/mol. The fourth-order valence-electron chi connectivity index (χ4n) is 3.30. The Morgan fingerprint density at radius 1 is 1.07 bits per heavy atom. The number of carbonyl (C=O) groups is 1. The molecule has 1 fully saturated rings. The maximum atomic E-state index is 13.0. The van der Waals surface area contributed by atoms with Crippen LogP contribution in [0.2, 0.25) is 0 Å². The first-order valence-corrected chi connectivity index (χ1v) is 11.0. The zero-order valence-electron chi connectivity index (χ0n) is 16.9. The van der Waals surface area contributed by atoms with Crippen molar-refractivity contribution in [2.45, 2.75) is 44.2 Å². The third kappa shape index (κ3) is 4.59. The molecule has 3 rings (SSSR count). The molecule has 2 aliphatic heterocycles. The van der Waals surface area contributed by atoms with Gasteiger partial charge in [-0.25, -0.2) is 8.42 Å². The zero-order chi connectivity index (χ0) is 20.5. The Morgan fingerprint density at radius 3 is 2.29 bits per heavy atom. The smallest absolute Gasteiger partial charge is 0.243 e. The molecule has 28 heavy (non-hydrogen) atoms. The van der Waals surface area contributed by atoms with Crippen molar-refractivity contribution in [2.75, 3.05) is 39.4 Å². The third-order valence-corrected chi connectivity index (χ3v) is 6.74. The molecule has 1 amide bonds. The van der Waals surface area contributed by atoms with Crippen molar-refractivity contribution >= 4 is 15.9 Å². The summed E-state index contributed by atoms with van der Waals surface area (Å²) in [6.07, 6.45) is 0. The van der Waals surface area contributed by atoms with Crippen LogP contribution in [0.15, 0.2) is 23.1 Å². The minimum atomic E-state index is -3.62. The summed E-state index contributed by atoms with van der Waals surface area (Å²) in [5.74, 6) is 0.975. The summed E-state index contributed by atoms with van der Waals surface area (Å²) < 4.78 is 38.4. The molecule has 1 saturated heterocycles. The van der Waals surface area contributed by atoms with Crippen molar-refractivity contribution in [3.63, 3.8) is 0 Å². The molecule has 2 aliphatic rings. The van der Waals surface area contributed by atoms with Gasteiger partial charge in [-0.15, -0.1) is 0 Å². The molecule has 0 aliphatic carbocycles. The van der Waals surface area contributed by atoms with Gasteiger partial charge in [0.25, 0.3) is 0 Å². The minimum Gasteiger partial charge on any atom is -0.486 e. The standard InChI is InChI=1S/C19H29N3O5S/c1-14(18(23)20-19(2,3)4)21-7-9-22(10-8-21)28(24,25)15-5-6-16-17(13-15)27-12-11-26-16/h5-6,13-14H,7-12H2,1-4H3,(H,20,23)/t14-/m0/s1. The van der Waals surface area contributed by atoms with E-state index in [-0.39, 0.29) is 22.4 Å². The predicted octanol–water partition coefficient (Wildman–Crippen LogP) is 1.07. The number of hydrogen-bond donors (Lipinski definition) is 1. The van der Waals surface area contributed by atoms with Gasteiger partial charge in [0.05, 0.1) is 10.9 Å². The van der Waals surface area contributed by atoms with E-state index in [4.69, 9.17) is 9.47 Å². The van der Waals surface area contributed by atoms with E-state index in [1.54, 1.807) is 12.1 Å². The average Bonchev–Trinajstić information content (AvgIpc) is 2.65. The Kier molecular flexibility index (Phi) is 5.88. The number of piperazine rings is 1. The van der Waals surface area contributed by atoms with Crippen LogP contribution in [0.3, 0.4) is 0 Å². The second-order valence-corrected chi connectivity index (χ2v) is 10.1. The Labute approximate surface area is 166 Å². The lowest BCUT2D eigenvalue weighted by Crippen LogP contribution is -2.56. The lowest BCUT2D eigenvalue weighted by molar-refractivity contribution is -0.127. The molecule has 0 saturated carbocycles. The molecule has 0 unspecified atom stereocenters. The van der Waals surface area contributed by atoms with Crippen LogP contribution >= 0.6 is 0 Å². The number of hydrogen-bond acceptors (Lipinski definition) is 6. The van der Waals surface area contributed by atoms with Crippen molar-refractivity contribution in [2.24, 2.45) is 0 Å². The van der Waals surface area contributed by atoms with Crippen molar-refractivity contribution in [1.29, 1.82) is 0 Å². The van der Waals surface area contributed by atoms with Crippen molar-refractivity contribution < 1.29 is 22.7 Å². The van der Waals surface area contributed by atoms with Gasteiger partial charge in [0.15, 0.2) is 11.5 Å². The van der Waals surface area contributed by atoms with E-state index in [1.807, 2.05) is 32.6 Å². The van der Waals surface area contributed by atoms with Gasteiger partial charge in [-0.3, -0.25) is 9.69 Å². The highest BCUT2D eigenvalue weighted by atomic mass is 32.2. The Bertz CT molecular complexity index is 826. The van der Waals surface area contributed by atoms with Crippen molar-refractivity contribution in [3.05, 3.63) is 18.2 Å². The van der Waals surface area contributed by atoms with Gasteiger partial charge in [-0.05, 0) is 39.8 Å². The first-order valence-electron chi connectivity index (χ1n) is 9.54. The molecule has 1 aromatic rings. The number of benzene rings is 1. The molecular weight excluding hydrogens is 382 g/mol. The normalized spacial score (nSPS) is 19.9. The summed E-state index contributed by atoms with van der Waals surface area (Å²) >= 11 is 0. The van der Waals surface area contributed by atoms with Crippen LogP contribution in [0, 0.1) is 0 Å². The molecule has 1 atom stereocenters. The first-order chi connectivity index (χ1) is 13.1. The second-order valence-electron chi connectivity index (χ2n) is 8.16. The van der Waals surface area contributed by atoms with Gasteiger partial charge in [-0.1, -0.05) is 0 Å². The summed E-state index contributed by atoms with van der Waals surface area (Å²) in [4.78, 5) is 14.6. The first kappa shape index (κ1) is 20.9. The number of carbonyl (C=O) groups excluding carboxylic acids is 1. The fraction of sp³-hybridized carbons (Fsp3) is 0.632. The van der Waals surface area contributed by atoms with Gasteiger partial charge in [-0.2, -0.15) is 4.31 Å². The average molecular weight is 412 g/mol. The van der Waals surface area contributed by atoms with Gasteiger partial charge in [0, 0.05) is 37.8 Å². The number of rotatable bonds is 4. The number of fused-ring (bicyclic) bond motifs is 1. The SMILES string of the molecule is C[C@@H](C(=O)NC(C)(C)C)N1CCN(S(=O)(=O)c2ccc3c(c2)OCCO3)CC1. The zero-order valence-corrected chi connectivity index (χ0v) is 17.7. The van der Waals surface area contributed by atoms with E-state index in [2.05, 4.69) is 5.32 Å². The number of nitrogens with one attached hydrogen (secondary N) is 1. The topological polar surface area (TPSA) is 88.2 Å².